The molecule has 0 aromatic heterocycles. The molecule has 23 heavy (non-hydrogen) atoms. The van der Waals surface area contributed by atoms with Crippen molar-refractivity contribution < 1.29 is 9.72 Å². The van der Waals surface area contributed by atoms with Gasteiger partial charge in [0.25, 0.3) is 11.6 Å². The van der Waals surface area contributed by atoms with E-state index in [1.807, 2.05) is 0 Å². The lowest BCUT2D eigenvalue weighted by atomic mass is 9.97. The van der Waals surface area contributed by atoms with Crippen LogP contribution in [0, 0.1) is 10.1 Å². The van der Waals surface area contributed by atoms with Crippen LogP contribution in [0.4, 0.5) is 11.4 Å². The van der Waals surface area contributed by atoms with Crippen LogP contribution in [0.25, 0.3) is 0 Å². The zero-order valence-electron chi connectivity index (χ0n) is 12.8. The maximum Gasteiger partial charge on any atom is 0.289 e. The van der Waals surface area contributed by atoms with Crippen molar-refractivity contribution in [3.05, 3.63) is 32.8 Å². The molecule has 2 aliphatic heterocycles. The molecular weight excluding hydrogens is 320 g/mol. The molecule has 0 spiro atoms. The summed E-state index contributed by atoms with van der Waals surface area (Å²) in [6.45, 7) is 0. The van der Waals surface area contributed by atoms with Crippen molar-refractivity contribution >= 4 is 28.9 Å². The van der Waals surface area contributed by atoms with Gasteiger partial charge in [0.2, 0.25) is 0 Å². The molecule has 2 atom stereocenters. The summed E-state index contributed by atoms with van der Waals surface area (Å²) >= 11 is 5.87. The molecule has 2 aliphatic rings. The minimum atomic E-state index is -0.616. The zero-order valence-corrected chi connectivity index (χ0v) is 13.5. The summed E-state index contributed by atoms with van der Waals surface area (Å²) in [4.78, 5) is 25.1. The van der Waals surface area contributed by atoms with Crippen molar-refractivity contribution in [2.75, 3.05) is 12.8 Å². The third-order valence-corrected chi connectivity index (χ3v) is 5.30. The molecule has 0 saturated carbocycles. The summed E-state index contributed by atoms with van der Waals surface area (Å²) in [6.07, 6.45) is 4.16. The Balaban J connectivity index is 1.74. The number of nitrogens with two attached hydrogens (primary N) is 1. The van der Waals surface area contributed by atoms with Crippen LogP contribution in [0.2, 0.25) is 5.02 Å². The fourth-order valence-electron chi connectivity index (χ4n) is 3.71. The van der Waals surface area contributed by atoms with Gasteiger partial charge < -0.3 is 16.0 Å². The zero-order chi connectivity index (χ0) is 16.7. The van der Waals surface area contributed by atoms with E-state index in [1.165, 1.54) is 18.9 Å². The standard InChI is InChI=1S/C15H19ClN4O3/c1-19-9-2-3-10(19)5-8(4-9)18-15(21)11-6-12(16)14(20(22)23)7-13(11)17/h6-10H,2-5,17H2,1H3,(H,18,21). The first-order valence-corrected chi connectivity index (χ1v) is 8.00. The molecule has 8 heteroatoms. The van der Waals surface area contributed by atoms with Crippen molar-refractivity contribution in [3.63, 3.8) is 0 Å². The molecule has 7 nitrogen and oxygen atoms in total. The normalized spacial score (nSPS) is 27.0. The number of nitro benzene ring substituents is 1. The molecule has 2 heterocycles. The second-order valence-corrected chi connectivity index (χ2v) is 6.75. The smallest absolute Gasteiger partial charge is 0.289 e. The van der Waals surface area contributed by atoms with E-state index in [-0.39, 0.29) is 33.9 Å². The van der Waals surface area contributed by atoms with E-state index >= 15 is 0 Å². The second kappa shape index (κ2) is 5.98. The second-order valence-electron chi connectivity index (χ2n) is 6.34. The number of carbonyl (C=O) groups is 1. The Bertz CT molecular complexity index is 652. The number of amides is 1. The quantitative estimate of drug-likeness (QED) is 0.499. The van der Waals surface area contributed by atoms with Gasteiger partial charge >= 0.3 is 0 Å². The van der Waals surface area contributed by atoms with Crippen LogP contribution in [0.15, 0.2) is 12.1 Å². The number of rotatable bonds is 3. The summed E-state index contributed by atoms with van der Waals surface area (Å²) in [5.41, 5.74) is 5.75. The number of hydrogen-bond donors (Lipinski definition) is 2. The molecule has 0 radical (unpaired) electrons. The molecule has 124 valence electrons. The van der Waals surface area contributed by atoms with Crippen molar-refractivity contribution in [2.24, 2.45) is 0 Å². The van der Waals surface area contributed by atoms with Gasteiger partial charge in [-0.05, 0) is 38.8 Å². The Kier molecular flexibility index (Phi) is 4.16. The summed E-state index contributed by atoms with van der Waals surface area (Å²) in [5, 5.41) is 13.8. The number of hydrogen-bond acceptors (Lipinski definition) is 5. The van der Waals surface area contributed by atoms with Gasteiger partial charge in [-0.15, -0.1) is 0 Å². The van der Waals surface area contributed by atoms with E-state index in [0.29, 0.717) is 12.1 Å². The van der Waals surface area contributed by atoms with Gasteiger partial charge in [0.05, 0.1) is 16.2 Å². The van der Waals surface area contributed by atoms with Crippen LogP contribution in [0.5, 0.6) is 0 Å². The van der Waals surface area contributed by atoms with Gasteiger partial charge in [-0.3, -0.25) is 14.9 Å². The third-order valence-electron chi connectivity index (χ3n) is 4.99. The first-order valence-electron chi connectivity index (χ1n) is 7.63. The molecule has 3 rings (SSSR count). The summed E-state index contributed by atoms with van der Waals surface area (Å²) < 4.78 is 0. The highest BCUT2D eigenvalue weighted by molar-refractivity contribution is 6.33. The predicted molar refractivity (Wildman–Crippen MR) is 87.6 cm³/mol. The SMILES string of the molecule is CN1C2CCC1CC(NC(=O)c1cc(Cl)c([N+](=O)[O-])cc1N)C2. The summed E-state index contributed by atoms with van der Waals surface area (Å²) in [6, 6.07) is 3.53. The lowest BCUT2D eigenvalue weighted by Gasteiger charge is -2.36. The van der Waals surface area contributed by atoms with E-state index in [2.05, 4.69) is 17.3 Å². The lowest BCUT2D eigenvalue weighted by molar-refractivity contribution is -0.384. The first-order chi connectivity index (χ1) is 10.9. The lowest BCUT2D eigenvalue weighted by Crippen LogP contribution is -2.48. The number of nitrogens with zero attached hydrogens (tertiary/aromatic N) is 2. The fourth-order valence-corrected chi connectivity index (χ4v) is 3.94. The molecule has 0 aliphatic carbocycles. The first kappa shape index (κ1) is 16.0. The highest BCUT2D eigenvalue weighted by Gasteiger charge is 2.39. The van der Waals surface area contributed by atoms with Crippen molar-refractivity contribution in [1.82, 2.24) is 10.2 Å². The third kappa shape index (κ3) is 2.98. The number of carbonyl (C=O) groups excluding carboxylic acids is 1. The number of piperidine rings is 1. The number of benzene rings is 1. The van der Waals surface area contributed by atoms with Crippen LogP contribution in [0.3, 0.4) is 0 Å². The molecule has 3 N–H and O–H groups in total. The summed E-state index contributed by atoms with van der Waals surface area (Å²) in [7, 11) is 2.13. The Morgan fingerprint density at radius 3 is 2.57 bits per heavy atom. The maximum absolute atomic E-state index is 12.4. The molecule has 2 saturated heterocycles. The molecule has 1 amide bonds. The van der Waals surface area contributed by atoms with Crippen molar-refractivity contribution in [3.8, 4) is 0 Å². The van der Waals surface area contributed by atoms with Crippen molar-refractivity contribution in [1.29, 1.82) is 0 Å². The molecule has 2 fully saturated rings. The molecule has 2 bridgehead atoms. The molecule has 1 aromatic carbocycles. The average molecular weight is 339 g/mol. The molecule has 2 unspecified atom stereocenters. The molecule has 1 aromatic rings. The Hall–Kier alpha value is -1.86. The highest BCUT2D eigenvalue weighted by Crippen LogP contribution is 2.35. The fraction of sp³-hybridized carbons (Fsp3) is 0.533. The van der Waals surface area contributed by atoms with Crippen LogP contribution < -0.4 is 11.1 Å². The van der Waals surface area contributed by atoms with Gasteiger partial charge in [-0.25, -0.2) is 0 Å². The number of halogens is 1. The Labute approximate surface area is 138 Å². The van der Waals surface area contributed by atoms with Crippen LogP contribution in [0.1, 0.15) is 36.0 Å². The Morgan fingerprint density at radius 1 is 1.39 bits per heavy atom. The van der Waals surface area contributed by atoms with Gasteiger partial charge in [0.1, 0.15) is 5.02 Å². The van der Waals surface area contributed by atoms with E-state index in [0.717, 1.165) is 18.9 Å². The van der Waals surface area contributed by atoms with E-state index < -0.39 is 4.92 Å². The van der Waals surface area contributed by atoms with Crippen LogP contribution >= 0.6 is 11.6 Å². The average Bonchev–Trinajstić information content (AvgIpc) is 2.71. The highest BCUT2D eigenvalue weighted by atomic mass is 35.5. The maximum atomic E-state index is 12.4. The van der Waals surface area contributed by atoms with Gasteiger partial charge in [0, 0.05) is 24.2 Å². The topological polar surface area (TPSA) is 102 Å². The van der Waals surface area contributed by atoms with Gasteiger partial charge in [-0.2, -0.15) is 0 Å². The van der Waals surface area contributed by atoms with Crippen LogP contribution in [-0.4, -0.2) is 40.9 Å². The predicted octanol–water partition coefficient (Wildman–Crippen LogP) is 2.19. The minimum Gasteiger partial charge on any atom is -0.398 e. The largest absolute Gasteiger partial charge is 0.398 e. The monoisotopic (exact) mass is 338 g/mol. The number of fused-ring (bicyclic) bond motifs is 2. The Morgan fingerprint density at radius 2 is 2.00 bits per heavy atom. The number of anilines is 1. The van der Waals surface area contributed by atoms with Crippen molar-refractivity contribution in [2.45, 2.75) is 43.8 Å². The van der Waals surface area contributed by atoms with Gasteiger partial charge in [0.15, 0.2) is 0 Å². The number of nitrogen functional groups attached to an aromatic ring is 1. The number of nitrogens with one attached hydrogen (secondary N) is 1. The summed E-state index contributed by atoms with van der Waals surface area (Å²) in [5.74, 6) is -0.326. The van der Waals surface area contributed by atoms with E-state index in [1.54, 1.807) is 0 Å². The molecular formula is C15H19ClN4O3. The van der Waals surface area contributed by atoms with E-state index in [4.69, 9.17) is 17.3 Å². The van der Waals surface area contributed by atoms with Gasteiger partial charge in [-0.1, -0.05) is 11.6 Å². The number of nitro groups is 1. The van der Waals surface area contributed by atoms with E-state index in [9.17, 15) is 14.9 Å². The minimum absolute atomic E-state index is 0.0644. The van der Waals surface area contributed by atoms with Crippen LogP contribution in [-0.2, 0) is 0 Å².